The van der Waals surface area contributed by atoms with Gasteiger partial charge < -0.3 is 15.0 Å². The third kappa shape index (κ3) is 3.38. The molecular formula is C15H19N3O2. The highest BCUT2D eigenvalue weighted by atomic mass is 16.5. The molecular weight excluding hydrogens is 254 g/mol. The molecule has 0 bridgehead atoms. The molecule has 20 heavy (non-hydrogen) atoms. The van der Waals surface area contributed by atoms with Crippen molar-refractivity contribution < 1.29 is 4.74 Å². The van der Waals surface area contributed by atoms with Gasteiger partial charge in [-0.15, -0.1) is 0 Å². The summed E-state index contributed by atoms with van der Waals surface area (Å²) in [6, 6.07) is 7.62. The number of para-hydroxylation sites is 1. The molecule has 1 heterocycles. The number of rotatable bonds is 6. The van der Waals surface area contributed by atoms with Crippen LogP contribution in [-0.4, -0.2) is 16.2 Å². The molecule has 0 radical (unpaired) electrons. The van der Waals surface area contributed by atoms with Crippen LogP contribution in [0.1, 0.15) is 18.9 Å². The number of hydrogen-bond donors (Lipinski definition) is 1. The van der Waals surface area contributed by atoms with Crippen molar-refractivity contribution in [2.24, 2.45) is 0 Å². The van der Waals surface area contributed by atoms with Gasteiger partial charge in [0.15, 0.2) is 0 Å². The maximum Gasteiger partial charge on any atom is 0.313 e. The van der Waals surface area contributed by atoms with Crippen molar-refractivity contribution in [1.82, 2.24) is 9.55 Å². The average Bonchev–Trinajstić information content (AvgIpc) is 2.45. The zero-order valence-corrected chi connectivity index (χ0v) is 11.6. The second-order valence-electron chi connectivity index (χ2n) is 4.53. The lowest BCUT2D eigenvalue weighted by atomic mass is 10.1. The zero-order valence-electron chi connectivity index (χ0n) is 11.6. The molecule has 2 N–H and O–H groups in total. The van der Waals surface area contributed by atoms with Crippen LogP contribution in [0.2, 0.25) is 0 Å². The Balaban J connectivity index is 2.00. The SMILES string of the molecule is CCCn1ccnc(OCCc2ccccc2N)c1=O. The van der Waals surface area contributed by atoms with Crippen molar-refractivity contribution in [3.63, 3.8) is 0 Å². The molecule has 0 aliphatic rings. The number of hydrogen-bond acceptors (Lipinski definition) is 4. The number of anilines is 1. The molecule has 0 spiro atoms. The minimum absolute atomic E-state index is 0.149. The molecule has 0 aliphatic heterocycles. The lowest BCUT2D eigenvalue weighted by Gasteiger charge is -2.08. The molecule has 2 aromatic rings. The predicted molar refractivity (Wildman–Crippen MR) is 78.8 cm³/mol. The number of benzene rings is 1. The molecule has 106 valence electrons. The monoisotopic (exact) mass is 273 g/mol. The second kappa shape index (κ2) is 6.75. The van der Waals surface area contributed by atoms with E-state index >= 15 is 0 Å². The van der Waals surface area contributed by atoms with Gasteiger partial charge in [-0.2, -0.15) is 0 Å². The number of nitrogen functional groups attached to an aromatic ring is 1. The standard InChI is InChI=1S/C15H19N3O2/c1-2-9-18-10-8-17-14(15(18)19)20-11-7-12-5-3-4-6-13(12)16/h3-6,8,10H,2,7,9,11,16H2,1H3. The number of aryl methyl sites for hydroxylation is 1. The van der Waals surface area contributed by atoms with Crippen LogP contribution in [0.3, 0.4) is 0 Å². The average molecular weight is 273 g/mol. The first-order chi connectivity index (χ1) is 9.72. The summed E-state index contributed by atoms with van der Waals surface area (Å²) in [5.74, 6) is 0.149. The maximum absolute atomic E-state index is 12.0. The molecule has 5 nitrogen and oxygen atoms in total. The van der Waals surface area contributed by atoms with Crippen LogP contribution in [0.4, 0.5) is 5.69 Å². The van der Waals surface area contributed by atoms with E-state index in [4.69, 9.17) is 10.5 Å². The van der Waals surface area contributed by atoms with Gasteiger partial charge in [0, 0.05) is 31.0 Å². The first-order valence-corrected chi connectivity index (χ1v) is 6.74. The fraction of sp³-hybridized carbons (Fsp3) is 0.333. The number of nitrogens with zero attached hydrogens (tertiary/aromatic N) is 2. The van der Waals surface area contributed by atoms with Crippen molar-refractivity contribution in [3.8, 4) is 5.88 Å². The van der Waals surface area contributed by atoms with E-state index < -0.39 is 0 Å². The Kier molecular flexibility index (Phi) is 4.76. The summed E-state index contributed by atoms with van der Waals surface area (Å²) >= 11 is 0. The van der Waals surface area contributed by atoms with Crippen LogP contribution in [-0.2, 0) is 13.0 Å². The third-order valence-corrected chi connectivity index (χ3v) is 3.01. The van der Waals surface area contributed by atoms with Crippen molar-refractivity contribution in [1.29, 1.82) is 0 Å². The van der Waals surface area contributed by atoms with E-state index in [0.717, 1.165) is 17.7 Å². The summed E-state index contributed by atoms with van der Waals surface area (Å²) in [5, 5.41) is 0. The van der Waals surface area contributed by atoms with E-state index in [1.165, 1.54) is 0 Å². The van der Waals surface area contributed by atoms with Gasteiger partial charge in [0.05, 0.1) is 6.61 Å². The predicted octanol–water partition coefficient (Wildman–Crippen LogP) is 1.86. The van der Waals surface area contributed by atoms with Gasteiger partial charge >= 0.3 is 5.56 Å². The van der Waals surface area contributed by atoms with E-state index in [-0.39, 0.29) is 11.4 Å². The molecule has 0 fully saturated rings. The van der Waals surface area contributed by atoms with E-state index in [0.29, 0.717) is 19.6 Å². The Bertz CT molecular complexity index is 623. The lowest BCUT2D eigenvalue weighted by Crippen LogP contribution is -2.23. The van der Waals surface area contributed by atoms with Gasteiger partial charge in [0.25, 0.3) is 5.88 Å². The van der Waals surface area contributed by atoms with Gasteiger partial charge in [0.2, 0.25) is 0 Å². The Morgan fingerprint density at radius 3 is 2.90 bits per heavy atom. The Hall–Kier alpha value is -2.30. The number of nitrogens with two attached hydrogens (primary N) is 1. The smallest absolute Gasteiger partial charge is 0.313 e. The highest BCUT2D eigenvalue weighted by Gasteiger charge is 2.06. The molecule has 0 unspecified atom stereocenters. The largest absolute Gasteiger partial charge is 0.473 e. The molecule has 0 aliphatic carbocycles. The van der Waals surface area contributed by atoms with Gasteiger partial charge in [-0.05, 0) is 18.1 Å². The summed E-state index contributed by atoms with van der Waals surface area (Å²) in [6.07, 6.45) is 4.80. The van der Waals surface area contributed by atoms with E-state index in [1.807, 2.05) is 31.2 Å². The first kappa shape index (κ1) is 14.1. The molecule has 0 saturated carbocycles. The van der Waals surface area contributed by atoms with Gasteiger partial charge in [0.1, 0.15) is 0 Å². The molecule has 0 saturated heterocycles. The topological polar surface area (TPSA) is 70.1 Å². The zero-order chi connectivity index (χ0) is 14.4. The number of ether oxygens (including phenoxy) is 1. The Morgan fingerprint density at radius 1 is 1.35 bits per heavy atom. The highest BCUT2D eigenvalue weighted by molar-refractivity contribution is 5.46. The van der Waals surface area contributed by atoms with Crippen molar-refractivity contribution in [2.45, 2.75) is 26.3 Å². The minimum atomic E-state index is -0.185. The van der Waals surface area contributed by atoms with Crippen LogP contribution in [0.15, 0.2) is 41.5 Å². The van der Waals surface area contributed by atoms with Crippen LogP contribution in [0.25, 0.3) is 0 Å². The van der Waals surface area contributed by atoms with Gasteiger partial charge in [-0.25, -0.2) is 4.98 Å². The van der Waals surface area contributed by atoms with Crippen LogP contribution in [0, 0.1) is 0 Å². The first-order valence-electron chi connectivity index (χ1n) is 6.74. The van der Waals surface area contributed by atoms with Crippen molar-refractivity contribution in [2.75, 3.05) is 12.3 Å². The third-order valence-electron chi connectivity index (χ3n) is 3.01. The molecule has 1 aromatic carbocycles. The molecule has 5 heteroatoms. The molecule has 0 amide bonds. The summed E-state index contributed by atoms with van der Waals surface area (Å²) in [7, 11) is 0. The Morgan fingerprint density at radius 2 is 2.15 bits per heavy atom. The van der Waals surface area contributed by atoms with Crippen LogP contribution in [0.5, 0.6) is 5.88 Å². The van der Waals surface area contributed by atoms with Gasteiger partial charge in [-0.3, -0.25) is 4.79 Å². The second-order valence-corrected chi connectivity index (χ2v) is 4.53. The molecule has 0 atom stereocenters. The normalized spacial score (nSPS) is 10.4. The van der Waals surface area contributed by atoms with E-state index in [1.54, 1.807) is 17.0 Å². The summed E-state index contributed by atoms with van der Waals surface area (Å²) in [5.41, 5.74) is 7.42. The van der Waals surface area contributed by atoms with Crippen LogP contribution < -0.4 is 16.0 Å². The summed E-state index contributed by atoms with van der Waals surface area (Å²) < 4.78 is 7.09. The van der Waals surface area contributed by atoms with E-state index in [9.17, 15) is 4.79 Å². The lowest BCUT2D eigenvalue weighted by molar-refractivity contribution is 0.301. The number of aromatic nitrogens is 2. The molecule has 2 rings (SSSR count). The van der Waals surface area contributed by atoms with E-state index in [2.05, 4.69) is 4.98 Å². The van der Waals surface area contributed by atoms with Crippen molar-refractivity contribution in [3.05, 3.63) is 52.6 Å². The summed E-state index contributed by atoms with van der Waals surface area (Å²) in [4.78, 5) is 16.0. The van der Waals surface area contributed by atoms with Crippen LogP contribution >= 0.6 is 0 Å². The molecule has 1 aromatic heterocycles. The summed E-state index contributed by atoms with van der Waals surface area (Å²) in [6.45, 7) is 3.07. The van der Waals surface area contributed by atoms with Gasteiger partial charge in [-0.1, -0.05) is 25.1 Å². The highest BCUT2D eigenvalue weighted by Crippen LogP contribution is 2.11. The fourth-order valence-electron chi connectivity index (χ4n) is 1.96. The quantitative estimate of drug-likeness (QED) is 0.815. The Labute approximate surface area is 118 Å². The minimum Gasteiger partial charge on any atom is -0.473 e. The fourth-order valence-corrected chi connectivity index (χ4v) is 1.96. The maximum atomic E-state index is 12.0. The van der Waals surface area contributed by atoms with Crippen molar-refractivity contribution >= 4 is 5.69 Å².